The third-order valence-electron chi connectivity index (χ3n) is 6.01. The summed E-state index contributed by atoms with van der Waals surface area (Å²) in [5, 5.41) is 27.3. The van der Waals surface area contributed by atoms with Crippen LogP contribution >= 0.6 is 12.6 Å². The molecule has 0 aliphatic carbocycles. The van der Waals surface area contributed by atoms with Crippen molar-refractivity contribution in [3.8, 4) is 5.75 Å². The zero-order valence-corrected chi connectivity index (χ0v) is 21.6. The molecule has 202 valence electrons. The van der Waals surface area contributed by atoms with Crippen molar-refractivity contribution in [3.63, 3.8) is 0 Å². The van der Waals surface area contributed by atoms with E-state index < -0.39 is 47.9 Å². The average Bonchev–Trinajstić information content (AvgIpc) is 3.30. The van der Waals surface area contributed by atoms with E-state index in [0.717, 1.165) is 16.5 Å². The highest BCUT2D eigenvalue weighted by atomic mass is 32.1. The number of carboxylic acid groups (broad SMARTS) is 1. The third kappa shape index (κ3) is 7.49. The maximum absolute atomic E-state index is 12.7. The van der Waals surface area contributed by atoms with Crippen LogP contribution in [-0.4, -0.2) is 68.8 Å². The third-order valence-corrected chi connectivity index (χ3v) is 6.38. The lowest BCUT2D eigenvalue weighted by molar-refractivity contribution is -0.142. The molecule has 0 aliphatic heterocycles. The lowest BCUT2D eigenvalue weighted by atomic mass is 10.0. The van der Waals surface area contributed by atoms with Gasteiger partial charge in [0.2, 0.25) is 17.7 Å². The fourth-order valence-corrected chi connectivity index (χ4v) is 4.10. The van der Waals surface area contributed by atoms with Crippen LogP contribution in [0.1, 0.15) is 18.1 Å². The van der Waals surface area contributed by atoms with Crippen LogP contribution in [0.3, 0.4) is 0 Å². The zero-order chi connectivity index (χ0) is 27.8. The first kappa shape index (κ1) is 28.5. The molecule has 8 N–H and O–H groups in total. The number of nitrogens with two attached hydrogens (primary N) is 1. The van der Waals surface area contributed by atoms with Gasteiger partial charge in [0.15, 0.2) is 0 Å². The molecular formula is C26H31N5O6S. The Kier molecular flexibility index (Phi) is 9.74. The number of para-hydroxylation sites is 1. The lowest BCUT2D eigenvalue weighted by Crippen LogP contribution is -2.57. The van der Waals surface area contributed by atoms with Crippen molar-refractivity contribution < 1.29 is 29.4 Å². The summed E-state index contributed by atoms with van der Waals surface area (Å²) in [6.07, 6.45) is 2.01. The number of hydrogen-bond acceptors (Lipinski definition) is 7. The molecule has 1 aromatic heterocycles. The van der Waals surface area contributed by atoms with Gasteiger partial charge in [-0.25, -0.2) is 4.79 Å². The number of rotatable bonds is 12. The van der Waals surface area contributed by atoms with Crippen molar-refractivity contribution in [1.82, 2.24) is 20.9 Å². The van der Waals surface area contributed by atoms with Gasteiger partial charge in [0.05, 0.1) is 6.04 Å². The predicted octanol–water partition coefficient (Wildman–Crippen LogP) is 0.475. The first-order valence-electron chi connectivity index (χ1n) is 11.9. The molecule has 0 spiro atoms. The molecule has 3 rings (SSSR count). The molecule has 3 amide bonds. The van der Waals surface area contributed by atoms with Crippen LogP contribution in [0.15, 0.2) is 54.7 Å². The fraction of sp³-hybridized carbons (Fsp3) is 0.308. The number of amides is 3. The van der Waals surface area contributed by atoms with E-state index in [-0.39, 0.29) is 24.3 Å². The molecule has 3 aromatic rings. The van der Waals surface area contributed by atoms with E-state index >= 15 is 0 Å². The molecule has 0 saturated heterocycles. The van der Waals surface area contributed by atoms with Gasteiger partial charge in [0.25, 0.3) is 0 Å². The number of carbonyl (C=O) groups is 4. The number of carbonyl (C=O) groups excluding carboxylic acids is 3. The second-order valence-electron chi connectivity index (χ2n) is 8.91. The van der Waals surface area contributed by atoms with Crippen molar-refractivity contribution in [2.75, 3.05) is 5.75 Å². The molecule has 1 heterocycles. The summed E-state index contributed by atoms with van der Waals surface area (Å²) in [7, 11) is 0. The van der Waals surface area contributed by atoms with Crippen LogP contribution in [0, 0.1) is 0 Å². The number of fused-ring (bicyclic) bond motifs is 1. The largest absolute Gasteiger partial charge is 0.508 e. The summed E-state index contributed by atoms with van der Waals surface area (Å²) in [6, 6.07) is 9.18. The van der Waals surface area contributed by atoms with Gasteiger partial charge >= 0.3 is 5.97 Å². The summed E-state index contributed by atoms with van der Waals surface area (Å²) < 4.78 is 0. The molecule has 38 heavy (non-hydrogen) atoms. The van der Waals surface area contributed by atoms with Crippen LogP contribution in [-0.2, 0) is 32.0 Å². The van der Waals surface area contributed by atoms with Gasteiger partial charge < -0.3 is 36.9 Å². The maximum atomic E-state index is 12.7. The Bertz CT molecular complexity index is 1290. The van der Waals surface area contributed by atoms with E-state index in [1.807, 2.05) is 24.3 Å². The summed E-state index contributed by atoms with van der Waals surface area (Å²) in [5.74, 6) is -3.27. The number of aromatic nitrogens is 1. The molecule has 0 saturated carbocycles. The standard InChI is InChI=1S/C26H31N5O6S/c1-14(29-24(34)19(27)11-16-12-28-20-5-3-2-4-18(16)20)23(33)31-22(13-38)25(35)30-21(26(36)37)10-15-6-8-17(32)9-7-15/h2-9,12,14,19,21-22,28,32,38H,10-11,13,27H2,1H3,(H,29,34)(H,30,35)(H,31,33)(H,36,37). The lowest BCUT2D eigenvalue weighted by Gasteiger charge is -2.23. The molecule has 4 atom stereocenters. The van der Waals surface area contributed by atoms with Crippen molar-refractivity contribution in [2.45, 2.75) is 43.9 Å². The van der Waals surface area contributed by atoms with Crippen molar-refractivity contribution in [1.29, 1.82) is 0 Å². The number of aromatic amines is 1. The van der Waals surface area contributed by atoms with Gasteiger partial charge in [-0.3, -0.25) is 14.4 Å². The second-order valence-corrected chi connectivity index (χ2v) is 9.28. The Hall–Kier alpha value is -4.03. The topological polar surface area (TPSA) is 187 Å². The first-order chi connectivity index (χ1) is 18.1. The zero-order valence-electron chi connectivity index (χ0n) is 20.7. The van der Waals surface area contributed by atoms with Gasteiger partial charge in [-0.05, 0) is 42.7 Å². The Labute approximate surface area is 224 Å². The SMILES string of the molecule is CC(NC(=O)C(N)Cc1c[nH]c2ccccc12)C(=O)NC(CS)C(=O)NC(Cc1ccc(O)cc1)C(=O)O. The smallest absolute Gasteiger partial charge is 0.326 e. The van der Waals surface area contributed by atoms with Gasteiger partial charge in [-0.15, -0.1) is 0 Å². The molecule has 12 heteroatoms. The first-order valence-corrected chi connectivity index (χ1v) is 12.6. The van der Waals surface area contributed by atoms with Crippen LogP contribution in [0.2, 0.25) is 0 Å². The Morgan fingerprint density at radius 1 is 0.921 bits per heavy atom. The van der Waals surface area contributed by atoms with E-state index in [1.165, 1.54) is 19.1 Å². The van der Waals surface area contributed by atoms with Crippen LogP contribution in [0.5, 0.6) is 5.75 Å². The van der Waals surface area contributed by atoms with E-state index in [0.29, 0.717) is 5.56 Å². The van der Waals surface area contributed by atoms with E-state index in [4.69, 9.17) is 5.73 Å². The molecule has 11 nitrogen and oxygen atoms in total. The molecule has 0 fully saturated rings. The highest BCUT2D eigenvalue weighted by molar-refractivity contribution is 7.80. The summed E-state index contributed by atoms with van der Waals surface area (Å²) in [5.41, 5.74) is 8.45. The molecule has 0 aliphatic rings. The fourth-order valence-electron chi connectivity index (χ4n) is 3.85. The number of phenolic OH excluding ortho intramolecular Hbond substituents is 1. The average molecular weight is 542 g/mol. The predicted molar refractivity (Wildman–Crippen MR) is 145 cm³/mol. The van der Waals surface area contributed by atoms with Crippen molar-refractivity contribution in [3.05, 3.63) is 65.9 Å². The number of hydrogen-bond donors (Lipinski definition) is 8. The van der Waals surface area contributed by atoms with Gasteiger partial charge in [0, 0.05) is 29.3 Å². The van der Waals surface area contributed by atoms with E-state index in [9.17, 15) is 29.4 Å². The van der Waals surface area contributed by atoms with Crippen LogP contribution in [0.4, 0.5) is 0 Å². The number of nitrogens with one attached hydrogen (secondary N) is 4. The number of H-pyrrole nitrogens is 1. The highest BCUT2D eigenvalue weighted by Gasteiger charge is 2.28. The monoisotopic (exact) mass is 541 g/mol. The summed E-state index contributed by atoms with van der Waals surface area (Å²) in [4.78, 5) is 52.8. The number of phenols is 1. The Morgan fingerprint density at radius 2 is 1.58 bits per heavy atom. The minimum Gasteiger partial charge on any atom is -0.508 e. The van der Waals surface area contributed by atoms with Crippen molar-refractivity contribution >= 4 is 47.2 Å². The normalized spacial score (nSPS) is 14.2. The van der Waals surface area contributed by atoms with Crippen LogP contribution in [0.25, 0.3) is 10.9 Å². The number of benzene rings is 2. The van der Waals surface area contributed by atoms with Gasteiger partial charge in [-0.2, -0.15) is 12.6 Å². The quantitative estimate of drug-likeness (QED) is 0.153. The van der Waals surface area contributed by atoms with Gasteiger partial charge in [0.1, 0.15) is 23.9 Å². The van der Waals surface area contributed by atoms with Gasteiger partial charge in [-0.1, -0.05) is 30.3 Å². The molecule has 0 bridgehead atoms. The van der Waals surface area contributed by atoms with Crippen LogP contribution < -0.4 is 21.7 Å². The maximum Gasteiger partial charge on any atom is 0.326 e. The molecule has 4 unspecified atom stereocenters. The summed E-state index contributed by atoms with van der Waals surface area (Å²) in [6.45, 7) is 1.45. The number of aliphatic carboxylic acids is 1. The number of thiol groups is 1. The minimum absolute atomic E-state index is 0.0302. The number of carboxylic acids is 1. The van der Waals surface area contributed by atoms with E-state index in [1.54, 1.807) is 18.3 Å². The summed E-state index contributed by atoms with van der Waals surface area (Å²) >= 11 is 4.10. The minimum atomic E-state index is -1.27. The highest BCUT2D eigenvalue weighted by Crippen LogP contribution is 2.18. The Morgan fingerprint density at radius 3 is 2.24 bits per heavy atom. The Balaban J connectivity index is 1.54. The second kappa shape index (κ2) is 13.0. The number of aromatic hydroxyl groups is 1. The van der Waals surface area contributed by atoms with E-state index in [2.05, 4.69) is 33.6 Å². The van der Waals surface area contributed by atoms with Crippen molar-refractivity contribution in [2.24, 2.45) is 5.73 Å². The molecular weight excluding hydrogens is 510 g/mol. The molecule has 2 aromatic carbocycles. The molecule has 0 radical (unpaired) electrons.